The topological polar surface area (TPSA) is 304 Å². The molecule has 11 N–H and O–H groups in total. The van der Waals surface area contributed by atoms with Crippen molar-refractivity contribution < 1.29 is 94.1 Å². The van der Waals surface area contributed by atoms with Crippen LogP contribution in [0.2, 0.25) is 0 Å². The Labute approximate surface area is 302 Å². The molecule has 3 heterocycles. The zero-order valence-electron chi connectivity index (χ0n) is 28.2. The number of phenolic OH excluding ortho intramolecular Hbond substituents is 4. The molecule has 3 saturated heterocycles. The van der Waals surface area contributed by atoms with Gasteiger partial charge in [0.05, 0.1) is 25.9 Å². The van der Waals surface area contributed by atoms with Crippen LogP contribution in [0.5, 0.6) is 23.0 Å². The van der Waals surface area contributed by atoms with Crippen molar-refractivity contribution in [3.05, 3.63) is 53.6 Å². The van der Waals surface area contributed by atoms with E-state index < -0.39 is 117 Å². The van der Waals surface area contributed by atoms with Gasteiger partial charge in [0.25, 0.3) is 0 Å². The van der Waals surface area contributed by atoms with Crippen molar-refractivity contribution >= 4 is 12.0 Å². The molecule has 1 unspecified atom stereocenters. The Bertz CT molecular complexity index is 1560. The molecule has 53 heavy (non-hydrogen) atoms. The fourth-order valence-corrected chi connectivity index (χ4v) is 5.86. The number of hydrogen-bond donors (Lipinski definition) is 11. The summed E-state index contributed by atoms with van der Waals surface area (Å²) in [6.45, 7) is 0.237. The molecule has 3 aliphatic rings. The lowest BCUT2D eigenvalue weighted by Gasteiger charge is -2.47. The summed E-state index contributed by atoms with van der Waals surface area (Å²) in [6.07, 6.45) is -20.0. The monoisotopic (exact) mass is 756 g/mol. The van der Waals surface area contributed by atoms with E-state index in [0.29, 0.717) is 5.56 Å². The van der Waals surface area contributed by atoms with Crippen molar-refractivity contribution in [3.63, 3.8) is 0 Å². The first-order valence-electron chi connectivity index (χ1n) is 16.6. The second-order valence-corrected chi connectivity index (χ2v) is 12.8. The number of rotatable bonds is 12. The van der Waals surface area contributed by atoms with Gasteiger partial charge in [0.15, 0.2) is 48.0 Å². The Balaban J connectivity index is 1.42. The Kier molecular flexibility index (Phi) is 13.5. The number of phenols is 4. The van der Waals surface area contributed by atoms with Crippen LogP contribution in [0.1, 0.15) is 18.1 Å². The standard InChI is InChI=1S/C34H44O19/c1-14-24(41)26(43)28(45)34(50-14)53-31-29(46)33(47-9-8-16-3-6-18(36)20(38)11-16)51-22(13-49-32-27(44)25(42)21(39)12-48-32)30(31)52-23(40)7-4-15-2-5-17(35)19(37)10-15/h2-7,10-11,14,21-22,24-39,41-46H,8-9,12-13H2,1H3/b7-4+/t14-,21+,22+,24-,25-,26+,27+,28?,29+,30+,31+,32-,33+,34-/m0/s1. The van der Waals surface area contributed by atoms with Gasteiger partial charge in [0.2, 0.25) is 0 Å². The minimum atomic E-state index is -1.86. The highest BCUT2D eigenvalue weighted by atomic mass is 16.8. The largest absolute Gasteiger partial charge is 0.504 e. The molecule has 0 bridgehead atoms. The normalized spacial score (nSPS) is 36.4. The highest BCUT2D eigenvalue weighted by Gasteiger charge is 2.53. The number of esters is 1. The molecule has 294 valence electrons. The van der Waals surface area contributed by atoms with E-state index in [-0.39, 0.29) is 30.1 Å². The maximum Gasteiger partial charge on any atom is 0.331 e. The molecule has 0 spiro atoms. The Morgan fingerprint density at radius 3 is 2.11 bits per heavy atom. The molecular formula is C34H44O19. The zero-order valence-corrected chi connectivity index (χ0v) is 28.2. The van der Waals surface area contributed by atoms with E-state index in [1.807, 2.05) is 0 Å². The average Bonchev–Trinajstić information content (AvgIpc) is 3.13. The molecule has 2 aromatic carbocycles. The molecule has 3 fully saturated rings. The van der Waals surface area contributed by atoms with Gasteiger partial charge < -0.3 is 89.3 Å². The minimum Gasteiger partial charge on any atom is -0.504 e. The number of aromatic hydroxyl groups is 4. The van der Waals surface area contributed by atoms with Crippen LogP contribution >= 0.6 is 0 Å². The van der Waals surface area contributed by atoms with Gasteiger partial charge >= 0.3 is 5.97 Å². The first-order valence-corrected chi connectivity index (χ1v) is 16.6. The fourth-order valence-electron chi connectivity index (χ4n) is 5.86. The third-order valence-electron chi connectivity index (χ3n) is 8.97. The second-order valence-electron chi connectivity index (χ2n) is 12.8. The maximum absolute atomic E-state index is 13.2. The summed E-state index contributed by atoms with van der Waals surface area (Å²) in [6, 6.07) is 7.83. The van der Waals surface area contributed by atoms with E-state index in [9.17, 15) is 61.0 Å². The summed E-state index contributed by atoms with van der Waals surface area (Å²) in [7, 11) is 0. The van der Waals surface area contributed by atoms with E-state index >= 15 is 0 Å². The van der Waals surface area contributed by atoms with Gasteiger partial charge in [0.1, 0.15) is 54.9 Å². The first-order chi connectivity index (χ1) is 25.1. The van der Waals surface area contributed by atoms with Crippen molar-refractivity contribution in [2.45, 2.75) is 99.4 Å². The first kappa shape index (κ1) is 40.5. The minimum absolute atomic E-state index is 0.136. The van der Waals surface area contributed by atoms with E-state index in [0.717, 1.165) is 6.08 Å². The summed E-state index contributed by atoms with van der Waals surface area (Å²) in [5.74, 6) is -2.62. The fraction of sp³-hybridized carbons (Fsp3) is 0.559. The highest BCUT2D eigenvalue weighted by molar-refractivity contribution is 5.87. The molecule has 14 atom stereocenters. The second kappa shape index (κ2) is 17.6. The van der Waals surface area contributed by atoms with Crippen LogP contribution < -0.4 is 0 Å². The van der Waals surface area contributed by atoms with Crippen molar-refractivity contribution in [1.29, 1.82) is 0 Å². The third kappa shape index (κ3) is 9.72. The molecule has 0 saturated carbocycles. The summed E-state index contributed by atoms with van der Waals surface area (Å²) in [5, 5.41) is 112. The summed E-state index contributed by atoms with van der Waals surface area (Å²) >= 11 is 0. The molecule has 0 aliphatic carbocycles. The van der Waals surface area contributed by atoms with Crippen molar-refractivity contribution in [3.8, 4) is 23.0 Å². The lowest BCUT2D eigenvalue weighted by molar-refractivity contribution is -0.362. The van der Waals surface area contributed by atoms with Crippen molar-refractivity contribution in [2.75, 3.05) is 19.8 Å². The van der Waals surface area contributed by atoms with Crippen LogP contribution in [0.25, 0.3) is 6.08 Å². The van der Waals surface area contributed by atoms with Gasteiger partial charge in [-0.25, -0.2) is 4.79 Å². The highest BCUT2D eigenvalue weighted by Crippen LogP contribution is 2.33. The number of ether oxygens (including phenoxy) is 7. The molecule has 19 nitrogen and oxygen atoms in total. The Morgan fingerprint density at radius 2 is 1.42 bits per heavy atom. The molecule has 0 radical (unpaired) electrons. The molecule has 5 rings (SSSR count). The number of hydrogen-bond acceptors (Lipinski definition) is 19. The van der Waals surface area contributed by atoms with Crippen LogP contribution in [0.15, 0.2) is 42.5 Å². The predicted molar refractivity (Wildman–Crippen MR) is 174 cm³/mol. The number of carbonyl (C=O) groups is 1. The number of aliphatic hydroxyl groups is 7. The van der Waals surface area contributed by atoms with Gasteiger partial charge in [0, 0.05) is 6.08 Å². The van der Waals surface area contributed by atoms with E-state index in [1.54, 1.807) is 0 Å². The quantitative estimate of drug-likeness (QED) is 0.0603. The number of carbonyl (C=O) groups excluding carboxylic acids is 1. The summed E-state index contributed by atoms with van der Waals surface area (Å²) in [5.41, 5.74) is 0.813. The van der Waals surface area contributed by atoms with E-state index in [1.165, 1.54) is 49.4 Å². The van der Waals surface area contributed by atoms with Crippen LogP contribution in [0, 0.1) is 0 Å². The van der Waals surface area contributed by atoms with Gasteiger partial charge in [-0.05, 0) is 54.8 Å². The van der Waals surface area contributed by atoms with E-state index in [2.05, 4.69) is 0 Å². The molecule has 0 aromatic heterocycles. The SMILES string of the molecule is C[C@@H]1O[C@@H](O[C@@H]2[C@@H](O)[C@H](OCCc3ccc(O)c(O)c3)O[C@H](CO[C@@H]3OC[C@@H](O)[C@H](O)[C@H]3O)[C@H]2OC(=O)/C=C/c2ccc(O)c(O)c2)C(O)[C@H](O)[C@H]1O. The Hall–Kier alpha value is -3.67. The van der Waals surface area contributed by atoms with Gasteiger partial charge in [-0.15, -0.1) is 0 Å². The molecule has 19 heteroatoms. The van der Waals surface area contributed by atoms with Crippen LogP contribution in [-0.2, 0) is 44.4 Å². The molecule has 0 amide bonds. The zero-order chi connectivity index (χ0) is 38.6. The molecule has 2 aromatic rings. The average molecular weight is 757 g/mol. The van der Waals surface area contributed by atoms with Crippen molar-refractivity contribution in [1.82, 2.24) is 0 Å². The Morgan fingerprint density at radius 1 is 0.736 bits per heavy atom. The lowest BCUT2D eigenvalue weighted by atomic mass is 9.96. The van der Waals surface area contributed by atoms with Crippen LogP contribution in [0.4, 0.5) is 0 Å². The molecular weight excluding hydrogens is 712 g/mol. The predicted octanol–water partition coefficient (Wildman–Crippen LogP) is -2.55. The van der Waals surface area contributed by atoms with Crippen molar-refractivity contribution in [2.24, 2.45) is 0 Å². The van der Waals surface area contributed by atoms with Gasteiger partial charge in [-0.3, -0.25) is 0 Å². The maximum atomic E-state index is 13.2. The van der Waals surface area contributed by atoms with Crippen LogP contribution in [-0.4, -0.2) is 168 Å². The lowest BCUT2D eigenvalue weighted by Crippen LogP contribution is -2.65. The number of aliphatic hydroxyl groups excluding tert-OH is 7. The smallest absolute Gasteiger partial charge is 0.331 e. The summed E-state index contributed by atoms with van der Waals surface area (Å²) in [4.78, 5) is 13.2. The molecule has 3 aliphatic heterocycles. The van der Waals surface area contributed by atoms with Gasteiger partial charge in [-0.2, -0.15) is 0 Å². The summed E-state index contributed by atoms with van der Waals surface area (Å²) < 4.78 is 40.1. The third-order valence-corrected chi connectivity index (χ3v) is 8.97. The van der Waals surface area contributed by atoms with Crippen LogP contribution in [0.3, 0.4) is 0 Å². The number of benzene rings is 2. The van der Waals surface area contributed by atoms with E-state index in [4.69, 9.17) is 33.2 Å². The van der Waals surface area contributed by atoms with Gasteiger partial charge in [-0.1, -0.05) is 12.1 Å².